The second-order valence-electron chi connectivity index (χ2n) is 4.55. The topological polar surface area (TPSA) is 45.1 Å². The number of aromatic nitrogens is 1. The molecule has 0 radical (unpaired) electrons. The Balaban J connectivity index is 1.62. The van der Waals surface area contributed by atoms with Gasteiger partial charge in [0, 0.05) is 6.20 Å². The summed E-state index contributed by atoms with van der Waals surface area (Å²) in [5.74, 6) is 0. The van der Waals surface area contributed by atoms with E-state index in [2.05, 4.69) is 34.6 Å². The number of aryl methyl sites for hydroxylation is 1. The summed E-state index contributed by atoms with van der Waals surface area (Å²) >= 11 is 0. The number of aliphatic hydroxyl groups excluding tert-OH is 1. The Kier molecular flexibility index (Phi) is 5.53. The van der Waals surface area contributed by atoms with Crippen LogP contribution in [0.1, 0.15) is 30.3 Å². The van der Waals surface area contributed by atoms with Gasteiger partial charge in [-0.25, -0.2) is 0 Å². The molecule has 0 fully saturated rings. The van der Waals surface area contributed by atoms with Gasteiger partial charge in [0.25, 0.3) is 0 Å². The third-order valence-electron chi connectivity index (χ3n) is 3.04. The maximum absolute atomic E-state index is 9.86. The number of nitrogens with zero attached hydrogens (tertiary/aromatic N) is 1. The molecule has 1 aromatic heterocycles. The molecule has 0 amide bonds. The molecular formula is C16H20N2O. The number of aliphatic hydroxyl groups is 1. The van der Waals surface area contributed by atoms with Gasteiger partial charge >= 0.3 is 0 Å². The first kappa shape index (κ1) is 13.7. The molecule has 100 valence electrons. The molecule has 0 aliphatic carbocycles. The highest BCUT2D eigenvalue weighted by Gasteiger charge is 2.05. The maximum atomic E-state index is 9.86. The minimum absolute atomic E-state index is 0.669. The van der Waals surface area contributed by atoms with Crippen molar-refractivity contribution in [3.63, 3.8) is 0 Å². The number of hydrogen-bond acceptors (Lipinski definition) is 3. The smallest absolute Gasteiger partial charge is 0.148 e. The SMILES string of the molecule is OC(NCCCCc1ccccc1)c1ccccn1. The summed E-state index contributed by atoms with van der Waals surface area (Å²) in [7, 11) is 0. The quantitative estimate of drug-likeness (QED) is 0.591. The van der Waals surface area contributed by atoms with Crippen molar-refractivity contribution >= 4 is 0 Å². The lowest BCUT2D eigenvalue weighted by Crippen LogP contribution is -2.22. The molecule has 2 aromatic rings. The molecule has 19 heavy (non-hydrogen) atoms. The summed E-state index contributed by atoms with van der Waals surface area (Å²) in [6.45, 7) is 0.796. The van der Waals surface area contributed by atoms with Gasteiger partial charge in [-0.2, -0.15) is 0 Å². The fourth-order valence-electron chi connectivity index (χ4n) is 1.98. The van der Waals surface area contributed by atoms with E-state index in [1.54, 1.807) is 6.20 Å². The largest absolute Gasteiger partial charge is 0.373 e. The molecule has 0 aliphatic rings. The van der Waals surface area contributed by atoms with Gasteiger partial charge in [0.05, 0.1) is 5.69 Å². The second-order valence-corrected chi connectivity index (χ2v) is 4.55. The molecular weight excluding hydrogens is 236 g/mol. The first-order valence-corrected chi connectivity index (χ1v) is 6.72. The molecule has 0 spiro atoms. The van der Waals surface area contributed by atoms with Gasteiger partial charge in [-0.3, -0.25) is 10.3 Å². The van der Waals surface area contributed by atoms with Crippen molar-refractivity contribution in [2.24, 2.45) is 0 Å². The molecule has 0 aliphatic heterocycles. The van der Waals surface area contributed by atoms with E-state index in [1.165, 1.54) is 5.56 Å². The Morgan fingerprint density at radius 1 is 1.00 bits per heavy atom. The molecule has 0 saturated carbocycles. The molecule has 3 heteroatoms. The molecule has 0 bridgehead atoms. The molecule has 2 N–H and O–H groups in total. The zero-order valence-electron chi connectivity index (χ0n) is 11.0. The lowest BCUT2D eigenvalue weighted by atomic mass is 10.1. The van der Waals surface area contributed by atoms with E-state index in [0.29, 0.717) is 5.69 Å². The highest BCUT2D eigenvalue weighted by molar-refractivity contribution is 5.14. The second kappa shape index (κ2) is 7.67. The number of pyridine rings is 1. The van der Waals surface area contributed by atoms with Crippen molar-refractivity contribution in [1.29, 1.82) is 0 Å². The van der Waals surface area contributed by atoms with Crippen LogP contribution in [0.3, 0.4) is 0 Å². The summed E-state index contributed by atoms with van der Waals surface area (Å²) in [4.78, 5) is 4.11. The van der Waals surface area contributed by atoms with Gasteiger partial charge in [-0.15, -0.1) is 0 Å². The number of rotatable bonds is 7. The van der Waals surface area contributed by atoms with Gasteiger partial charge in [0.1, 0.15) is 6.23 Å². The van der Waals surface area contributed by atoms with E-state index in [-0.39, 0.29) is 0 Å². The van der Waals surface area contributed by atoms with E-state index in [0.717, 1.165) is 25.8 Å². The maximum Gasteiger partial charge on any atom is 0.148 e. The van der Waals surface area contributed by atoms with Crippen molar-refractivity contribution in [3.05, 3.63) is 66.0 Å². The minimum atomic E-state index is -0.669. The Labute approximate surface area is 114 Å². The van der Waals surface area contributed by atoms with Crippen molar-refractivity contribution in [3.8, 4) is 0 Å². The third-order valence-corrected chi connectivity index (χ3v) is 3.04. The lowest BCUT2D eigenvalue weighted by molar-refractivity contribution is 0.134. The number of benzene rings is 1. The van der Waals surface area contributed by atoms with Gasteiger partial charge in [0.2, 0.25) is 0 Å². The molecule has 1 heterocycles. The van der Waals surface area contributed by atoms with E-state index >= 15 is 0 Å². The first-order valence-electron chi connectivity index (χ1n) is 6.72. The van der Waals surface area contributed by atoms with E-state index in [9.17, 15) is 5.11 Å². The fourth-order valence-corrected chi connectivity index (χ4v) is 1.98. The average molecular weight is 256 g/mol. The monoisotopic (exact) mass is 256 g/mol. The average Bonchev–Trinajstić information content (AvgIpc) is 2.49. The number of unbranched alkanes of at least 4 members (excludes halogenated alkanes) is 1. The molecule has 3 nitrogen and oxygen atoms in total. The molecule has 2 rings (SSSR count). The fraction of sp³-hybridized carbons (Fsp3) is 0.312. The molecule has 1 atom stereocenters. The van der Waals surface area contributed by atoms with Crippen molar-refractivity contribution in [2.45, 2.75) is 25.5 Å². The molecule has 0 saturated heterocycles. The van der Waals surface area contributed by atoms with Crippen LogP contribution in [-0.2, 0) is 6.42 Å². The Hall–Kier alpha value is -1.71. The number of hydrogen-bond donors (Lipinski definition) is 2. The number of nitrogens with one attached hydrogen (secondary N) is 1. The van der Waals surface area contributed by atoms with Crippen LogP contribution < -0.4 is 5.32 Å². The summed E-state index contributed by atoms with van der Waals surface area (Å²) < 4.78 is 0. The van der Waals surface area contributed by atoms with Crippen LogP contribution in [0.15, 0.2) is 54.7 Å². The van der Waals surface area contributed by atoms with Crippen LogP contribution in [0.25, 0.3) is 0 Å². The Morgan fingerprint density at radius 2 is 1.79 bits per heavy atom. The van der Waals surface area contributed by atoms with E-state index < -0.39 is 6.23 Å². The van der Waals surface area contributed by atoms with Crippen molar-refractivity contribution in [2.75, 3.05) is 6.54 Å². The van der Waals surface area contributed by atoms with Crippen LogP contribution in [0.5, 0.6) is 0 Å². The highest BCUT2D eigenvalue weighted by atomic mass is 16.3. The van der Waals surface area contributed by atoms with Crippen LogP contribution in [0.4, 0.5) is 0 Å². The minimum Gasteiger partial charge on any atom is -0.373 e. The first-order chi connectivity index (χ1) is 9.36. The van der Waals surface area contributed by atoms with E-state index in [1.807, 2.05) is 24.3 Å². The zero-order valence-corrected chi connectivity index (χ0v) is 11.0. The van der Waals surface area contributed by atoms with Gasteiger partial charge in [-0.05, 0) is 43.5 Å². The molecule has 1 unspecified atom stereocenters. The lowest BCUT2D eigenvalue weighted by Gasteiger charge is -2.11. The highest BCUT2D eigenvalue weighted by Crippen LogP contribution is 2.07. The normalized spacial score (nSPS) is 12.3. The van der Waals surface area contributed by atoms with Gasteiger partial charge in [-0.1, -0.05) is 36.4 Å². The summed E-state index contributed by atoms with van der Waals surface area (Å²) in [6, 6.07) is 16.0. The third kappa shape index (κ3) is 4.81. The van der Waals surface area contributed by atoms with Crippen LogP contribution in [0.2, 0.25) is 0 Å². The predicted octanol–water partition coefficient (Wildman–Crippen LogP) is 2.69. The molecule has 1 aromatic carbocycles. The Bertz CT molecular complexity index is 459. The van der Waals surface area contributed by atoms with E-state index in [4.69, 9.17) is 0 Å². The van der Waals surface area contributed by atoms with Crippen LogP contribution in [0, 0.1) is 0 Å². The summed E-state index contributed by atoms with van der Waals surface area (Å²) in [5, 5.41) is 12.9. The zero-order chi connectivity index (χ0) is 13.3. The van der Waals surface area contributed by atoms with Crippen molar-refractivity contribution in [1.82, 2.24) is 10.3 Å². The van der Waals surface area contributed by atoms with Gasteiger partial charge in [0.15, 0.2) is 0 Å². The standard InChI is InChI=1S/C16H20N2O/c19-16(15-11-5-7-12-17-15)18-13-6-4-10-14-8-2-1-3-9-14/h1-3,5,7-9,11-12,16,18-19H,4,6,10,13H2. The summed E-state index contributed by atoms with van der Waals surface area (Å²) in [5.41, 5.74) is 2.04. The predicted molar refractivity (Wildman–Crippen MR) is 76.6 cm³/mol. The van der Waals surface area contributed by atoms with Crippen molar-refractivity contribution < 1.29 is 5.11 Å². The van der Waals surface area contributed by atoms with Crippen LogP contribution >= 0.6 is 0 Å². The Morgan fingerprint density at radius 3 is 2.53 bits per heavy atom. The van der Waals surface area contributed by atoms with Gasteiger partial charge < -0.3 is 5.11 Å². The summed E-state index contributed by atoms with van der Waals surface area (Å²) in [6.07, 6.45) is 4.26. The van der Waals surface area contributed by atoms with Crippen LogP contribution in [-0.4, -0.2) is 16.6 Å².